The van der Waals surface area contributed by atoms with Crippen molar-refractivity contribution in [3.05, 3.63) is 34.4 Å². The molecule has 0 aliphatic rings. The molecule has 0 radical (unpaired) electrons. The summed E-state index contributed by atoms with van der Waals surface area (Å²) in [6, 6.07) is 0.266. The van der Waals surface area contributed by atoms with Gasteiger partial charge in [0, 0.05) is 0 Å². The molecule has 0 unspecified atom stereocenters. The van der Waals surface area contributed by atoms with E-state index in [4.69, 9.17) is 5.11 Å². The van der Waals surface area contributed by atoms with Crippen molar-refractivity contribution in [2.75, 3.05) is 0 Å². The highest BCUT2D eigenvalue weighted by Crippen LogP contribution is 2.34. The lowest BCUT2D eigenvalue weighted by Crippen LogP contribution is -2.14. The summed E-state index contributed by atoms with van der Waals surface area (Å²) < 4.78 is 62.6. The molecule has 7 heteroatoms. The van der Waals surface area contributed by atoms with Crippen molar-refractivity contribution in [1.29, 1.82) is 0 Å². The van der Waals surface area contributed by atoms with Gasteiger partial charge in [-0.3, -0.25) is 0 Å². The average Bonchev–Trinajstić information content (AvgIpc) is 2.24. The summed E-state index contributed by atoms with van der Waals surface area (Å²) in [7, 11) is 0. The van der Waals surface area contributed by atoms with Crippen molar-refractivity contribution in [1.82, 2.24) is 0 Å². The lowest BCUT2D eigenvalue weighted by Gasteiger charge is -2.11. The Morgan fingerprint density at radius 3 is 1.94 bits per heavy atom. The molecular formula is C11H11F5O2. The van der Waals surface area contributed by atoms with Crippen molar-refractivity contribution in [3.8, 4) is 0 Å². The number of carboxylic acids is 1. The fraction of sp³-hybridized carbons (Fsp3) is 0.364. The second-order valence-corrected chi connectivity index (χ2v) is 3.05. The standard InChI is InChI=1S/C9H5F5O2.C2H6/c1-3-2-4(9(12,13)14)6(10)7(11)5(3)8(15)16;1-2/h2H,1H3,(H,15,16);1-2H3. The number of aryl methyl sites for hydroxylation is 1. The first-order chi connectivity index (χ1) is 8.16. The van der Waals surface area contributed by atoms with Crippen molar-refractivity contribution in [3.63, 3.8) is 0 Å². The van der Waals surface area contributed by atoms with Crippen LogP contribution in [0.15, 0.2) is 6.07 Å². The minimum atomic E-state index is -5.06. The molecule has 0 fully saturated rings. The molecule has 1 aromatic carbocycles. The molecule has 0 saturated carbocycles. The van der Waals surface area contributed by atoms with Gasteiger partial charge in [0.05, 0.1) is 5.56 Å². The summed E-state index contributed by atoms with van der Waals surface area (Å²) in [6.07, 6.45) is -5.06. The van der Waals surface area contributed by atoms with Gasteiger partial charge in [0.15, 0.2) is 11.6 Å². The van der Waals surface area contributed by atoms with E-state index in [2.05, 4.69) is 0 Å². The minimum absolute atomic E-state index is 0.266. The number of rotatable bonds is 1. The molecule has 0 aliphatic heterocycles. The molecule has 1 aromatic rings. The Kier molecular flexibility index (Phi) is 5.26. The van der Waals surface area contributed by atoms with E-state index in [0.29, 0.717) is 0 Å². The van der Waals surface area contributed by atoms with Crippen molar-refractivity contribution >= 4 is 5.97 Å². The van der Waals surface area contributed by atoms with Crippen LogP contribution in [-0.4, -0.2) is 11.1 Å². The Labute approximate surface area is 100 Å². The Hall–Kier alpha value is -1.66. The van der Waals surface area contributed by atoms with Crippen LogP contribution in [0.4, 0.5) is 22.0 Å². The largest absolute Gasteiger partial charge is 0.478 e. The third kappa shape index (κ3) is 3.18. The predicted molar refractivity (Wildman–Crippen MR) is 54.4 cm³/mol. The summed E-state index contributed by atoms with van der Waals surface area (Å²) in [5.74, 6) is -6.02. The van der Waals surface area contributed by atoms with E-state index < -0.39 is 40.5 Å². The molecule has 102 valence electrons. The maximum atomic E-state index is 13.0. The molecule has 1 N–H and O–H groups in total. The second-order valence-electron chi connectivity index (χ2n) is 3.05. The van der Waals surface area contributed by atoms with Gasteiger partial charge in [-0.05, 0) is 18.6 Å². The van der Waals surface area contributed by atoms with Gasteiger partial charge >= 0.3 is 12.1 Å². The van der Waals surface area contributed by atoms with Crippen molar-refractivity contribution in [2.45, 2.75) is 26.9 Å². The van der Waals surface area contributed by atoms with Crippen LogP contribution in [0.1, 0.15) is 35.3 Å². The van der Waals surface area contributed by atoms with Gasteiger partial charge in [0.25, 0.3) is 0 Å². The number of alkyl halides is 3. The summed E-state index contributed by atoms with van der Waals surface area (Å²) in [5, 5.41) is 8.48. The lowest BCUT2D eigenvalue weighted by molar-refractivity contribution is -0.140. The monoisotopic (exact) mass is 270 g/mol. The smallest absolute Gasteiger partial charge is 0.419 e. The van der Waals surface area contributed by atoms with Crippen molar-refractivity contribution < 1.29 is 31.9 Å². The zero-order chi connectivity index (χ0) is 14.7. The maximum Gasteiger partial charge on any atom is 0.419 e. The Bertz CT molecular complexity index is 452. The first kappa shape index (κ1) is 16.3. The minimum Gasteiger partial charge on any atom is -0.478 e. The van der Waals surface area contributed by atoms with Crippen LogP contribution < -0.4 is 0 Å². The highest BCUT2D eigenvalue weighted by Gasteiger charge is 2.37. The van der Waals surface area contributed by atoms with Gasteiger partial charge in [-0.1, -0.05) is 13.8 Å². The third-order valence-corrected chi connectivity index (χ3v) is 1.92. The summed E-state index contributed by atoms with van der Waals surface area (Å²) in [5.41, 5.74) is -3.39. The first-order valence-electron chi connectivity index (χ1n) is 4.95. The maximum absolute atomic E-state index is 13.0. The fourth-order valence-corrected chi connectivity index (χ4v) is 1.22. The van der Waals surface area contributed by atoms with Crippen LogP contribution in [0.3, 0.4) is 0 Å². The predicted octanol–water partition coefficient (Wildman–Crippen LogP) is 4.02. The zero-order valence-electron chi connectivity index (χ0n) is 9.82. The van der Waals surface area contributed by atoms with Crippen LogP contribution in [-0.2, 0) is 6.18 Å². The average molecular weight is 270 g/mol. The molecule has 0 spiro atoms. The van der Waals surface area contributed by atoms with Gasteiger partial charge in [0.1, 0.15) is 5.56 Å². The van der Waals surface area contributed by atoms with Crippen LogP contribution >= 0.6 is 0 Å². The number of hydrogen-bond donors (Lipinski definition) is 1. The van der Waals surface area contributed by atoms with Gasteiger partial charge in [-0.15, -0.1) is 0 Å². The Morgan fingerprint density at radius 1 is 1.17 bits per heavy atom. The van der Waals surface area contributed by atoms with Crippen molar-refractivity contribution in [2.24, 2.45) is 0 Å². The molecule has 0 aliphatic carbocycles. The molecule has 0 bridgehead atoms. The first-order valence-corrected chi connectivity index (χ1v) is 4.95. The summed E-state index contributed by atoms with van der Waals surface area (Å²) >= 11 is 0. The number of halogens is 5. The molecule has 0 aromatic heterocycles. The third-order valence-electron chi connectivity index (χ3n) is 1.92. The molecule has 0 heterocycles. The van der Waals surface area contributed by atoms with E-state index in [9.17, 15) is 26.7 Å². The van der Waals surface area contributed by atoms with E-state index in [1.54, 1.807) is 0 Å². The highest BCUT2D eigenvalue weighted by molar-refractivity contribution is 5.89. The summed E-state index contributed by atoms with van der Waals surface area (Å²) in [4.78, 5) is 10.5. The van der Waals surface area contributed by atoms with Gasteiger partial charge in [-0.2, -0.15) is 13.2 Å². The molecule has 0 saturated heterocycles. The number of benzene rings is 1. The molecule has 0 atom stereocenters. The van der Waals surface area contributed by atoms with Crippen LogP contribution in [0.5, 0.6) is 0 Å². The van der Waals surface area contributed by atoms with Crippen LogP contribution in [0.2, 0.25) is 0 Å². The van der Waals surface area contributed by atoms with Crippen LogP contribution in [0.25, 0.3) is 0 Å². The SMILES string of the molecule is CC.Cc1cc(C(F)(F)F)c(F)c(F)c1C(=O)O. The van der Waals surface area contributed by atoms with Gasteiger partial charge < -0.3 is 5.11 Å². The van der Waals surface area contributed by atoms with E-state index in [1.807, 2.05) is 13.8 Å². The van der Waals surface area contributed by atoms with Crippen LogP contribution in [0, 0.1) is 18.6 Å². The fourth-order valence-electron chi connectivity index (χ4n) is 1.22. The second kappa shape index (κ2) is 5.79. The zero-order valence-corrected chi connectivity index (χ0v) is 9.82. The summed E-state index contributed by atoms with van der Waals surface area (Å²) in [6.45, 7) is 4.96. The Balaban J connectivity index is 0.00000137. The molecule has 1 rings (SSSR count). The van der Waals surface area contributed by atoms with E-state index in [0.717, 1.165) is 6.92 Å². The Morgan fingerprint density at radius 2 is 1.61 bits per heavy atom. The normalized spacial score (nSPS) is 10.7. The number of aromatic carboxylic acids is 1. The topological polar surface area (TPSA) is 37.3 Å². The van der Waals surface area contributed by atoms with E-state index in [1.165, 1.54) is 0 Å². The van der Waals surface area contributed by atoms with E-state index >= 15 is 0 Å². The molecule has 2 nitrogen and oxygen atoms in total. The molecule has 0 amide bonds. The molecular weight excluding hydrogens is 259 g/mol. The number of carbonyl (C=O) groups is 1. The number of carboxylic acid groups (broad SMARTS) is 1. The molecule has 18 heavy (non-hydrogen) atoms. The lowest BCUT2D eigenvalue weighted by atomic mass is 10.0. The quantitative estimate of drug-likeness (QED) is 0.783. The highest BCUT2D eigenvalue weighted by atomic mass is 19.4. The number of hydrogen-bond acceptors (Lipinski definition) is 1. The van der Waals surface area contributed by atoms with E-state index in [-0.39, 0.29) is 6.07 Å². The van der Waals surface area contributed by atoms with Gasteiger partial charge in [-0.25, -0.2) is 13.6 Å². The van der Waals surface area contributed by atoms with Gasteiger partial charge in [0.2, 0.25) is 0 Å².